The Kier molecular flexibility index (Phi) is 5.96. The molecule has 1 heterocycles. The number of hydrogen-bond donors (Lipinski definition) is 1. The molecule has 0 radical (unpaired) electrons. The van der Waals surface area contributed by atoms with E-state index in [0.717, 1.165) is 38.0 Å². The zero-order chi connectivity index (χ0) is 22.5. The average Bonchev–Trinajstić information content (AvgIpc) is 2.94. The van der Waals surface area contributed by atoms with Crippen molar-refractivity contribution in [1.29, 1.82) is 0 Å². The number of nitrogens with zero attached hydrogens (tertiary/aromatic N) is 1. The Morgan fingerprint density at radius 1 is 1.22 bits per heavy atom. The van der Waals surface area contributed by atoms with E-state index < -0.39 is 10.0 Å². The van der Waals surface area contributed by atoms with Crippen LogP contribution in [0.3, 0.4) is 0 Å². The molecule has 1 saturated heterocycles. The third-order valence-electron chi connectivity index (χ3n) is 8.59. The standard InChI is InChI=1S/C24H33ClN2O4S/c1-31-22-9-8-19(12-21(22)25)32(29,30)27-10-3-2-7-18(27)15-26-23(28)24-13-16-5-4-6-17(14-24)20(24)11-16/h8-9,12,16-18,20H,2-7,10-11,13-15H2,1H3,(H,26,28). The zero-order valence-electron chi connectivity index (χ0n) is 18.7. The monoisotopic (exact) mass is 480 g/mol. The van der Waals surface area contributed by atoms with Gasteiger partial charge in [0.2, 0.25) is 15.9 Å². The van der Waals surface area contributed by atoms with Crippen LogP contribution in [0, 0.1) is 23.2 Å². The number of carbonyl (C=O) groups excluding carboxylic acids is 1. The van der Waals surface area contributed by atoms with Crippen LogP contribution in [-0.2, 0) is 14.8 Å². The highest BCUT2D eigenvalue weighted by atomic mass is 35.5. The third kappa shape index (κ3) is 3.64. The molecular weight excluding hydrogens is 448 g/mol. The molecule has 176 valence electrons. The molecule has 4 fully saturated rings. The van der Waals surface area contributed by atoms with Crippen LogP contribution in [0.5, 0.6) is 5.75 Å². The minimum Gasteiger partial charge on any atom is -0.495 e. The number of rotatable bonds is 6. The summed E-state index contributed by atoms with van der Waals surface area (Å²) in [6.45, 7) is 0.843. The minimum atomic E-state index is -3.71. The number of halogens is 1. The second-order valence-corrected chi connectivity index (χ2v) is 12.5. The summed E-state index contributed by atoms with van der Waals surface area (Å²) in [5.74, 6) is 2.58. The number of hydrogen-bond acceptors (Lipinski definition) is 4. The number of fused-ring (bicyclic) bond motifs is 1. The first-order chi connectivity index (χ1) is 15.3. The van der Waals surface area contributed by atoms with E-state index in [1.807, 2.05) is 0 Å². The van der Waals surface area contributed by atoms with Crippen LogP contribution in [-0.4, -0.2) is 44.9 Å². The second kappa shape index (κ2) is 8.48. The van der Waals surface area contributed by atoms with Gasteiger partial charge in [-0.1, -0.05) is 37.3 Å². The molecule has 1 aliphatic heterocycles. The molecule has 0 aromatic heterocycles. The maximum absolute atomic E-state index is 13.4. The summed E-state index contributed by atoms with van der Waals surface area (Å²) in [5, 5.41) is 3.47. The summed E-state index contributed by atoms with van der Waals surface area (Å²) in [4.78, 5) is 13.5. The van der Waals surface area contributed by atoms with Crippen LogP contribution in [0.2, 0.25) is 5.02 Å². The van der Waals surface area contributed by atoms with Crippen molar-refractivity contribution in [3.63, 3.8) is 0 Å². The number of amides is 1. The lowest BCUT2D eigenvalue weighted by atomic mass is 9.53. The summed E-state index contributed by atoms with van der Waals surface area (Å²) < 4.78 is 33.6. The van der Waals surface area contributed by atoms with E-state index in [4.69, 9.17) is 16.3 Å². The van der Waals surface area contributed by atoms with Crippen LogP contribution in [0.1, 0.15) is 57.8 Å². The Morgan fingerprint density at radius 3 is 2.84 bits per heavy atom. The van der Waals surface area contributed by atoms with Crippen molar-refractivity contribution in [3.05, 3.63) is 23.2 Å². The van der Waals surface area contributed by atoms with Gasteiger partial charge in [-0.2, -0.15) is 4.31 Å². The molecule has 3 aliphatic carbocycles. The smallest absolute Gasteiger partial charge is 0.243 e. The Hall–Kier alpha value is -1.31. The predicted molar refractivity (Wildman–Crippen MR) is 123 cm³/mol. The number of nitrogens with one attached hydrogen (secondary N) is 1. The van der Waals surface area contributed by atoms with E-state index in [-0.39, 0.29) is 27.3 Å². The van der Waals surface area contributed by atoms with Gasteiger partial charge in [-0.05, 0) is 68.1 Å². The number of carbonyl (C=O) groups is 1. The molecule has 32 heavy (non-hydrogen) atoms. The molecular formula is C24H33ClN2O4S. The molecule has 8 heteroatoms. The van der Waals surface area contributed by atoms with E-state index in [2.05, 4.69) is 5.32 Å². The molecule has 2 bridgehead atoms. The Labute approximate surface area is 196 Å². The molecule has 3 saturated carbocycles. The normalized spacial score (nSPS) is 34.4. The Balaban J connectivity index is 1.29. The molecule has 1 N–H and O–H groups in total. The fourth-order valence-corrected chi connectivity index (χ4v) is 9.07. The maximum atomic E-state index is 13.4. The first-order valence-corrected chi connectivity index (χ1v) is 13.8. The fourth-order valence-electron chi connectivity index (χ4n) is 7.03. The number of methoxy groups -OCH3 is 1. The highest BCUT2D eigenvalue weighted by Gasteiger charge is 2.63. The number of piperidine rings is 1. The second-order valence-electron chi connectivity index (χ2n) is 10.2. The molecule has 5 unspecified atom stereocenters. The quantitative estimate of drug-likeness (QED) is 0.661. The van der Waals surface area contributed by atoms with Gasteiger partial charge in [-0.3, -0.25) is 4.79 Å². The molecule has 6 nitrogen and oxygen atoms in total. The maximum Gasteiger partial charge on any atom is 0.243 e. The van der Waals surface area contributed by atoms with Gasteiger partial charge in [-0.25, -0.2) is 8.42 Å². The highest BCUT2D eigenvalue weighted by molar-refractivity contribution is 7.89. The molecule has 4 aliphatic rings. The molecule has 5 atom stereocenters. The summed E-state index contributed by atoms with van der Waals surface area (Å²) in [5.41, 5.74) is -0.183. The van der Waals surface area contributed by atoms with Crippen molar-refractivity contribution in [2.45, 2.75) is 68.7 Å². The summed E-state index contributed by atoms with van der Waals surface area (Å²) in [6.07, 6.45) is 9.65. The molecule has 1 amide bonds. The SMILES string of the molecule is COc1ccc(S(=O)(=O)N2CCCCC2CNC(=O)C23CC4CCCC(C2)C3C4)cc1Cl. The van der Waals surface area contributed by atoms with Crippen LogP contribution in [0.4, 0.5) is 0 Å². The lowest BCUT2D eigenvalue weighted by molar-refractivity contribution is -0.146. The highest BCUT2D eigenvalue weighted by Crippen LogP contribution is 2.66. The Bertz CT molecular complexity index is 998. The zero-order valence-corrected chi connectivity index (χ0v) is 20.3. The first-order valence-electron chi connectivity index (χ1n) is 12.0. The molecule has 0 spiro atoms. The van der Waals surface area contributed by atoms with Gasteiger partial charge in [0.25, 0.3) is 0 Å². The lowest BCUT2D eigenvalue weighted by Gasteiger charge is -2.51. The van der Waals surface area contributed by atoms with Crippen molar-refractivity contribution in [3.8, 4) is 5.75 Å². The summed E-state index contributed by atoms with van der Waals surface area (Å²) in [7, 11) is -2.21. The van der Waals surface area contributed by atoms with E-state index in [9.17, 15) is 13.2 Å². The van der Waals surface area contributed by atoms with Crippen molar-refractivity contribution >= 4 is 27.5 Å². The van der Waals surface area contributed by atoms with Crippen LogP contribution < -0.4 is 10.1 Å². The van der Waals surface area contributed by atoms with E-state index in [1.165, 1.54) is 38.9 Å². The van der Waals surface area contributed by atoms with Gasteiger partial charge >= 0.3 is 0 Å². The molecule has 1 aromatic rings. The fraction of sp³-hybridized carbons (Fsp3) is 0.708. The van der Waals surface area contributed by atoms with Gasteiger partial charge in [0.1, 0.15) is 5.75 Å². The van der Waals surface area contributed by atoms with Crippen LogP contribution in [0.15, 0.2) is 23.1 Å². The van der Waals surface area contributed by atoms with E-state index >= 15 is 0 Å². The van der Waals surface area contributed by atoms with E-state index in [0.29, 0.717) is 30.7 Å². The number of benzene rings is 1. The van der Waals surface area contributed by atoms with Gasteiger partial charge in [0, 0.05) is 19.1 Å². The van der Waals surface area contributed by atoms with Gasteiger partial charge in [0.05, 0.1) is 22.4 Å². The van der Waals surface area contributed by atoms with Gasteiger partial charge < -0.3 is 10.1 Å². The predicted octanol–water partition coefficient (Wildman–Crippen LogP) is 4.22. The van der Waals surface area contributed by atoms with E-state index in [1.54, 1.807) is 16.4 Å². The third-order valence-corrected chi connectivity index (χ3v) is 10.8. The number of ether oxygens (including phenoxy) is 1. The average molecular weight is 481 g/mol. The summed E-state index contributed by atoms with van der Waals surface area (Å²) in [6, 6.07) is 4.35. The van der Waals surface area contributed by atoms with Gasteiger partial charge in [-0.15, -0.1) is 0 Å². The number of sulfonamides is 1. The van der Waals surface area contributed by atoms with Crippen molar-refractivity contribution in [2.24, 2.45) is 23.2 Å². The van der Waals surface area contributed by atoms with Crippen LogP contribution in [0.25, 0.3) is 0 Å². The van der Waals surface area contributed by atoms with Crippen LogP contribution >= 0.6 is 11.6 Å². The Morgan fingerprint density at radius 2 is 2.06 bits per heavy atom. The lowest BCUT2D eigenvalue weighted by Crippen LogP contribution is -2.57. The minimum absolute atomic E-state index is 0.165. The topological polar surface area (TPSA) is 75.7 Å². The van der Waals surface area contributed by atoms with Crippen molar-refractivity contribution < 1.29 is 17.9 Å². The van der Waals surface area contributed by atoms with Crippen molar-refractivity contribution in [1.82, 2.24) is 9.62 Å². The molecule has 1 aromatic carbocycles. The van der Waals surface area contributed by atoms with Crippen molar-refractivity contribution in [2.75, 3.05) is 20.2 Å². The molecule has 5 rings (SSSR count). The van der Waals surface area contributed by atoms with Gasteiger partial charge in [0.15, 0.2) is 0 Å². The first kappa shape index (κ1) is 22.5. The largest absolute Gasteiger partial charge is 0.495 e. The summed E-state index contributed by atoms with van der Waals surface area (Å²) >= 11 is 6.20.